The van der Waals surface area contributed by atoms with Crippen LogP contribution in [-0.4, -0.2) is 34.7 Å². The molecule has 4 rings (SSSR count). The molecule has 3 aromatic carbocycles. The number of halogens is 2. The summed E-state index contributed by atoms with van der Waals surface area (Å²) in [6.07, 6.45) is 0.865. The lowest BCUT2D eigenvalue weighted by Gasteiger charge is -2.25. The summed E-state index contributed by atoms with van der Waals surface area (Å²) in [7, 11) is 0. The number of rotatable bonds is 10. The minimum Gasteiger partial charge on any atom is -0.390 e. The van der Waals surface area contributed by atoms with Gasteiger partial charge in [0.15, 0.2) is 0 Å². The Morgan fingerprint density at radius 1 is 1.05 bits per heavy atom. The topological polar surface area (TPSA) is 118 Å². The van der Waals surface area contributed by atoms with E-state index < -0.39 is 35.1 Å². The van der Waals surface area contributed by atoms with Gasteiger partial charge in [-0.25, -0.2) is 8.78 Å². The van der Waals surface area contributed by atoms with Gasteiger partial charge in [-0.1, -0.05) is 37.3 Å². The van der Waals surface area contributed by atoms with Gasteiger partial charge in [-0.3, -0.25) is 9.59 Å². The number of benzene rings is 3. The van der Waals surface area contributed by atoms with Crippen molar-refractivity contribution < 1.29 is 18.7 Å². The van der Waals surface area contributed by atoms with Crippen molar-refractivity contribution in [2.24, 2.45) is 0 Å². The summed E-state index contributed by atoms with van der Waals surface area (Å²) in [6.45, 7) is 2.59. The number of nitrogens with one attached hydrogen (secondary N) is 3. The number of aromatic nitrogens is 1. The molecule has 1 aromatic heterocycles. The van der Waals surface area contributed by atoms with Gasteiger partial charge in [0, 0.05) is 30.7 Å². The first-order valence-electron chi connectivity index (χ1n) is 12.6. The van der Waals surface area contributed by atoms with Crippen LogP contribution in [0.15, 0.2) is 71.7 Å². The first-order chi connectivity index (χ1) is 18.8. The Morgan fingerprint density at radius 3 is 2.49 bits per heavy atom. The molecule has 4 N–H and O–H groups in total. The number of H-pyrrole nitrogens is 1. The number of amides is 1. The summed E-state index contributed by atoms with van der Waals surface area (Å²) in [6, 6.07) is 16.6. The zero-order valence-electron chi connectivity index (χ0n) is 21.3. The van der Waals surface area contributed by atoms with Gasteiger partial charge < -0.3 is 20.7 Å². The van der Waals surface area contributed by atoms with Crippen LogP contribution in [0.3, 0.4) is 0 Å². The van der Waals surface area contributed by atoms with E-state index in [9.17, 15) is 28.7 Å². The van der Waals surface area contributed by atoms with Crippen LogP contribution in [0, 0.1) is 23.0 Å². The molecule has 2 unspecified atom stereocenters. The monoisotopic (exact) mass is 530 g/mol. The SMILES string of the molecule is CCc1cccc(CNCC(O)C(Cc2cc(F)cc(F)c2)NC(=O)c2c[nH]c3c(C#N)cccc3c2=O)c1. The number of aromatic amines is 1. The number of aliphatic hydroxyl groups excluding tert-OH is 1. The predicted molar refractivity (Wildman–Crippen MR) is 144 cm³/mol. The van der Waals surface area contributed by atoms with E-state index in [0.29, 0.717) is 12.1 Å². The third-order valence-corrected chi connectivity index (χ3v) is 6.52. The van der Waals surface area contributed by atoms with E-state index in [1.54, 1.807) is 12.1 Å². The molecule has 1 heterocycles. The summed E-state index contributed by atoms with van der Waals surface area (Å²) in [5.41, 5.74) is 2.20. The standard InChI is InChI=1S/C30H28F2N4O3/c1-2-18-5-3-6-19(9-18)15-34-17-27(37)26(12-20-10-22(31)13-23(32)11-20)36-30(39)25-16-35-28-21(14-33)7-4-8-24(28)29(25)38/h3-11,13,16,26-27,34,37H,2,12,15,17H2,1H3,(H,35,38)(H,36,39). The van der Waals surface area contributed by atoms with Crippen molar-refractivity contribution in [1.82, 2.24) is 15.6 Å². The van der Waals surface area contributed by atoms with Gasteiger partial charge >= 0.3 is 0 Å². The van der Waals surface area contributed by atoms with Gasteiger partial charge in [0.1, 0.15) is 23.3 Å². The number of fused-ring (bicyclic) bond motifs is 1. The van der Waals surface area contributed by atoms with E-state index >= 15 is 0 Å². The highest BCUT2D eigenvalue weighted by molar-refractivity contribution is 5.98. The lowest BCUT2D eigenvalue weighted by molar-refractivity contribution is 0.0828. The molecule has 7 nitrogen and oxygen atoms in total. The summed E-state index contributed by atoms with van der Waals surface area (Å²) in [4.78, 5) is 29.1. The van der Waals surface area contributed by atoms with E-state index in [-0.39, 0.29) is 35.0 Å². The molecule has 4 aromatic rings. The van der Waals surface area contributed by atoms with Crippen molar-refractivity contribution in [2.75, 3.05) is 6.54 Å². The molecular weight excluding hydrogens is 502 g/mol. The van der Waals surface area contributed by atoms with Crippen molar-refractivity contribution in [1.29, 1.82) is 5.26 Å². The predicted octanol–water partition coefficient (Wildman–Crippen LogP) is 3.73. The second kappa shape index (κ2) is 12.4. The number of nitriles is 1. The van der Waals surface area contributed by atoms with Crippen LogP contribution in [0.5, 0.6) is 0 Å². The Kier molecular flexibility index (Phi) is 8.81. The number of aliphatic hydroxyl groups is 1. The van der Waals surface area contributed by atoms with Gasteiger partial charge in [0.2, 0.25) is 5.43 Å². The lowest BCUT2D eigenvalue weighted by Crippen LogP contribution is -2.49. The van der Waals surface area contributed by atoms with E-state index in [2.05, 4.69) is 28.6 Å². The van der Waals surface area contributed by atoms with Crippen LogP contribution >= 0.6 is 0 Å². The number of pyridine rings is 1. The Bertz CT molecular complexity index is 1580. The van der Waals surface area contributed by atoms with Crippen molar-refractivity contribution in [3.05, 3.63) is 117 Å². The highest BCUT2D eigenvalue weighted by atomic mass is 19.1. The fraction of sp³-hybridized carbons (Fsp3) is 0.233. The maximum Gasteiger partial charge on any atom is 0.257 e. The largest absolute Gasteiger partial charge is 0.390 e. The Hall–Kier alpha value is -4.39. The summed E-state index contributed by atoms with van der Waals surface area (Å²) in [5.74, 6) is -2.33. The lowest BCUT2D eigenvalue weighted by atomic mass is 9.99. The molecule has 200 valence electrons. The van der Waals surface area contributed by atoms with Crippen molar-refractivity contribution in [3.63, 3.8) is 0 Å². The molecular formula is C30H28F2N4O3. The van der Waals surface area contributed by atoms with Crippen molar-refractivity contribution in [2.45, 2.75) is 38.5 Å². The highest BCUT2D eigenvalue weighted by Gasteiger charge is 2.24. The number of hydrogen-bond donors (Lipinski definition) is 4. The zero-order chi connectivity index (χ0) is 27.9. The number of carbonyl (C=O) groups excluding carboxylic acids is 1. The molecule has 0 saturated heterocycles. The van der Waals surface area contributed by atoms with Gasteiger partial charge in [0.25, 0.3) is 5.91 Å². The first kappa shape index (κ1) is 27.6. The maximum atomic E-state index is 13.9. The van der Waals surface area contributed by atoms with Gasteiger partial charge in [0.05, 0.1) is 23.2 Å². The molecule has 2 atom stereocenters. The molecule has 0 aliphatic rings. The second-order valence-corrected chi connectivity index (χ2v) is 9.30. The van der Waals surface area contributed by atoms with Crippen LogP contribution in [0.4, 0.5) is 8.78 Å². The van der Waals surface area contributed by atoms with Gasteiger partial charge in [-0.15, -0.1) is 0 Å². The third kappa shape index (κ3) is 6.74. The summed E-state index contributed by atoms with van der Waals surface area (Å²) >= 11 is 0. The molecule has 9 heteroatoms. The average molecular weight is 531 g/mol. The van der Waals surface area contributed by atoms with Crippen molar-refractivity contribution in [3.8, 4) is 6.07 Å². The fourth-order valence-corrected chi connectivity index (χ4v) is 4.49. The molecule has 1 amide bonds. The van der Waals surface area contributed by atoms with Crippen molar-refractivity contribution >= 4 is 16.8 Å². The minimum absolute atomic E-state index is 0.0682. The van der Waals surface area contributed by atoms with E-state index in [1.807, 2.05) is 24.3 Å². The van der Waals surface area contributed by atoms with Crippen LogP contribution in [0.2, 0.25) is 0 Å². The number of nitrogens with zero attached hydrogens (tertiary/aromatic N) is 1. The smallest absolute Gasteiger partial charge is 0.257 e. The van der Waals surface area contributed by atoms with Gasteiger partial charge in [-0.2, -0.15) is 5.26 Å². The molecule has 39 heavy (non-hydrogen) atoms. The summed E-state index contributed by atoms with van der Waals surface area (Å²) in [5, 5.41) is 26.3. The minimum atomic E-state index is -1.15. The number of para-hydroxylation sites is 1. The first-order valence-corrected chi connectivity index (χ1v) is 12.6. The number of aryl methyl sites for hydroxylation is 1. The number of hydrogen-bond acceptors (Lipinski definition) is 5. The van der Waals surface area contributed by atoms with Crippen LogP contribution in [0.25, 0.3) is 10.9 Å². The fourth-order valence-electron chi connectivity index (χ4n) is 4.49. The maximum absolute atomic E-state index is 13.9. The zero-order valence-corrected chi connectivity index (χ0v) is 21.3. The Morgan fingerprint density at radius 2 is 1.77 bits per heavy atom. The van der Waals surface area contributed by atoms with Crippen LogP contribution in [-0.2, 0) is 19.4 Å². The van der Waals surface area contributed by atoms with E-state index in [1.165, 1.54) is 17.8 Å². The van der Waals surface area contributed by atoms with Crippen LogP contribution < -0.4 is 16.1 Å². The highest BCUT2D eigenvalue weighted by Crippen LogP contribution is 2.15. The molecule has 0 radical (unpaired) electrons. The quantitative estimate of drug-likeness (QED) is 0.249. The van der Waals surface area contributed by atoms with E-state index in [0.717, 1.165) is 30.2 Å². The number of carbonyl (C=O) groups is 1. The Balaban J connectivity index is 1.55. The molecule has 0 saturated carbocycles. The normalized spacial score (nSPS) is 12.6. The third-order valence-electron chi connectivity index (χ3n) is 6.52. The molecule has 0 aliphatic heterocycles. The van der Waals surface area contributed by atoms with E-state index in [4.69, 9.17) is 0 Å². The molecule has 0 spiro atoms. The van der Waals surface area contributed by atoms with Gasteiger partial charge in [-0.05, 0) is 53.8 Å². The summed E-state index contributed by atoms with van der Waals surface area (Å²) < 4.78 is 27.7. The Labute approximate surface area is 224 Å². The average Bonchev–Trinajstić information content (AvgIpc) is 2.92. The molecule has 0 bridgehead atoms. The molecule has 0 fully saturated rings. The van der Waals surface area contributed by atoms with Crippen LogP contribution in [0.1, 0.15) is 39.5 Å². The second-order valence-electron chi connectivity index (χ2n) is 9.30. The molecule has 0 aliphatic carbocycles.